The van der Waals surface area contributed by atoms with Crippen molar-refractivity contribution in [2.45, 2.75) is 78.3 Å². The van der Waals surface area contributed by atoms with Crippen molar-refractivity contribution in [2.75, 3.05) is 33.9 Å². The van der Waals surface area contributed by atoms with E-state index in [0.717, 1.165) is 40.7 Å². The van der Waals surface area contributed by atoms with Gasteiger partial charge in [-0.25, -0.2) is 24.4 Å². The average Bonchev–Trinajstić information content (AvgIpc) is 3.98. The van der Waals surface area contributed by atoms with Crippen LogP contribution < -0.4 is 16.0 Å². The largest absolute Gasteiger partial charge is 0.476 e. The summed E-state index contributed by atoms with van der Waals surface area (Å²) >= 11 is 0. The fraction of sp³-hybridized carbons (Fsp3) is 0.439. The molecule has 1 fully saturated rings. The standard InChI is InChI=1S/C38H44N8O8.C3H8/c1-22(2)32(45-38(52)54-4)35(48)46-17-7-8-29(46)34-43-27(33(44-34)36(49)50)15-11-23-10-12-25-19-26(14-13-24(25)18-23)28-20-40-30(42-28)9-5-6-16-39-31(47)21-41-37(51)53-3;1-3-2/h10,12-14,18-20,22,29,32H,5-9,16-17,21H2,1-4H3,(H,39,47)(H,40,42)(H,41,51)(H,43,44)(H,45,52)(H,49,50);3H2,1-2H3. The van der Waals surface area contributed by atoms with E-state index in [9.17, 15) is 29.1 Å². The molecule has 6 N–H and O–H groups in total. The lowest BCUT2D eigenvalue weighted by Gasteiger charge is -2.29. The van der Waals surface area contributed by atoms with Gasteiger partial charge in [0.2, 0.25) is 11.8 Å². The van der Waals surface area contributed by atoms with Crippen molar-refractivity contribution in [3.8, 4) is 23.1 Å². The molecule has 4 aromatic rings. The molecule has 5 rings (SSSR count). The van der Waals surface area contributed by atoms with Gasteiger partial charge in [0.1, 0.15) is 23.4 Å². The summed E-state index contributed by atoms with van der Waals surface area (Å²) in [7, 11) is 2.47. The van der Waals surface area contributed by atoms with Crippen molar-refractivity contribution in [3.05, 3.63) is 71.2 Å². The second-order valence-electron chi connectivity index (χ2n) is 13.8. The minimum Gasteiger partial charge on any atom is -0.476 e. The Hall–Kier alpha value is -6.37. The third-order valence-corrected chi connectivity index (χ3v) is 9.02. The minimum absolute atomic E-state index is 0.132. The van der Waals surface area contributed by atoms with Gasteiger partial charge in [-0.1, -0.05) is 58.2 Å². The number of aromatic nitrogens is 4. The lowest BCUT2D eigenvalue weighted by atomic mass is 10.0. The molecule has 2 aromatic heterocycles. The summed E-state index contributed by atoms with van der Waals surface area (Å²) in [6, 6.07) is 10.4. The fourth-order valence-corrected chi connectivity index (χ4v) is 6.18. The number of carbonyl (C=O) groups excluding carboxylic acids is 4. The number of alkyl carbamates (subject to hydrolysis) is 2. The van der Waals surface area contributed by atoms with Gasteiger partial charge in [0.05, 0.1) is 38.7 Å². The smallest absolute Gasteiger partial charge is 0.407 e. The first kappa shape index (κ1) is 43.4. The number of hydrogen-bond acceptors (Lipinski definition) is 9. The normalized spacial score (nSPS) is 13.8. The molecule has 57 heavy (non-hydrogen) atoms. The second kappa shape index (κ2) is 21.1. The van der Waals surface area contributed by atoms with Crippen molar-refractivity contribution in [3.63, 3.8) is 0 Å². The van der Waals surface area contributed by atoms with Crippen molar-refractivity contribution in [1.82, 2.24) is 40.8 Å². The molecule has 2 atom stereocenters. The Morgan fingerprint density at radius 1 is 0.965 bits per heavy atom. The molecule has 0 radical (unpaired) electrons. The summed E-state index contributed by atoms with van der Waals surface area (Å²) in [5.74, 6) is 5.12. The minimum atomic E-state index is -1.24. The van der Waals surface area contributed by atoms with Crippen LogP contribution in [0.2, 0.25) is 0 Å². The number of rotatable bonds is 13. The Balaban J connectivity index is 0.00000232. The molecular weight excluding hydrogens is 732 g/mol. The number of unbranched alkanes of at least 4 members (excludes halogenated alkanes) is 1. The van der Waals surface area contributed by atoms with Gasteiger partial charge in [0.15, 0.2) is 5.69 Å². The van der Waals surface area contributed by atoms with Crippen LogP contribution in [-0.2, 0) is 25.5 Å². The zero-order valence-corrected chi connectivity index (χ0v) is 33.3. The van der Waals surface area contributed by atoms with Gasteiger partial charge in [-0.15, -0.1) is 0 Å². The number of carboxylic acids is 1. The van der Waals surface area contributed by atoms with E-state index in [0.29, 0.717) is 43.7 Å². The summed E-state index contributed by atoms with van der Waals surface area (Å²) < 4.78 is 9.14. The summed E-state index contributed by atoms with van der Waals surface area (Å²) in [5.41, 5.74) is 2.41. The molecular formula is C41H52N8O8. The Morgan fingerprint density at radius 2 is 1.68 bits per heavy atom. The van der Waals surface area contributed by atoms with Gasteiger partial charge < -0.3 is 45.4 Å². The molecule has 3 heterocycles. The third-order valence-electron chi connectivity index (χ3n) is 9.02. The number of amides is 4. The number of imidazole rings is 2. The SMILES string of the molecule is CCC.COC(=O)NCC(=O)NCCCCc1ncc(-c2ccc3cc(C#Cc4[nH]c(C5CCCN5C(=O)C(NC(=O)OC)C(C)C)nc4C(=O)O)ccc3c2)[nH]1. The number of hydrogen-bond donors (Lipinski definition) is 6. The Morgan fingerprint density at radius 3 is 2.39 bits per heavy atom. The summed E-state index contributed by atoms with van der Waals surface area (Å²) in [5, 5.41) is 19.6. The fourth-order valence-electron chi connectivity index (χ4n) is 6.18. The lowest BCUT2D eigenvalue weighted by molar-refractivity contribution is -0.135. The highest BCUT2D eigenvalue weighted by Gasteiger charge is 2.38. The molecule has 0 saturated carbocycles. The highest BCUT2D eigenvalue weighted by Crippen LogP contribution is 2.32. The number of aromatic carboxylic acids is 1. The van der Waals surface area contributed by atoms with E-state index in [4.69, 9.17) is 4.74 Å². The zero-order valence-electron chi connectivity index (χ0n) is 33.3. The van der Waals surface area contributed by atoms with Gasteiger partial charge >= 0.3 is 18.2 Å². The molecule has 0 spiro atoms. The number of aromatic amines is 2. The maximum Gasteiger partial charge on any atom is 0.407 e. The number of nitrogens with zero attached hydrogens (tertiary/aromatic N) is 3. The maximum absolute atomic E-state index is 13.5. The number of H-pyrrole nitrogens is 2. The number of nitrogens with one attached hydrogen (secondary N) is 5. The monoisotopic (exact) mass is 784 g/mol. The number of carboxylic acid groups (broad SMARTS) is 1. The number of methoxy groups -OCH3 is 2. The highest BCUT2D eigenvalue weighted by atomic mass is 16.5. The lowest BCUT2D eigenvalue weighted by Crippen LogP contribution is -2.51. The molecule has 16 nitrogen and oxygen atoms in total. The molecule has 2 aromatic carbocycles. The van der Waals surface area contributed by atoms with E-state index in [1.807, 2.05) is 50.2 Å². The first-order valence-corrected chi connectivity index (χ1v) is 19.1. The van der Waals surface area contributed by atoms with Crippen molar-refractivity contribution < 1.29 is 38.6 Å². The first-order chi connectivity index (χ1) is 27.4. The summed E-state index contributed by atoms with van der Waals surface area (Å²) in [6.45, 7) is 8.67. The Bertz CT molecular complexity index is 2100. The molecule has 0 aliphatic carbocycles. The number of aryl methyl sites for hydroxylation is 1. The van der Waals surface area contributed by atoms with Crippen molar-refractivity contribution in [1.29, 1.82) is 0 Å². The van der Waals surface area contributed by atoms with Crippen LogP contribution in [0.3, 0.4) is 0 Å². The van der Waals surface area contributed by atoms with Crippen LogP contribution in [0.4, 0.5) is 9.59 Å². The van der Waals surface area contributed by atoms with Crippen LogP contribution in [0.25, 0.3) is 22.0 Å². The van der Waals surface area contributed by atoms with Gasteiger partial charge in [-0.3, -0.25) is 9.59 Å². The highest BCUT2D eigenvalue weighted by molar-refractivity contribution is 5.90. The van der Waals surface area contributed by atoms with E-state index in [-0.39, 0.29) is 35.7 Å². The predicted octanol–water partition coefficient (Wildman–Crippen LogP) is 5.31. The van der Waals surface area contributed by atoms with Gasteiger partial charge in [-0.05, 0) is 66.5 Å². The van der Waals surface area contributed by atoms with E-state index in [1.165, 1.54) is 20.6 Å². The van der Waals surface area contributed by atoms with Crippen LogP contribution in [0.5, 0.6) is 0 Å². The maximum atomic E-state index is 13.5. The molecule has 1 aliphatic rings. The molecule has 0 bridgehead atoms. The Kier molecular flexibility index (Phi) is 16.0. The van der Waals surface area contributed by atoms with E-state index in [2.05, 4.69) is 66.3 Å². The second-order valence-corrected chi connectivity index (χ2v) is 13.8. The summed E-state index contributed by atoms with van der Waals surface area (Å²) in [4.78, 5) is 77.4. The van der Waals surface area contributed by atoms with Gasteiger partial charge in [-0.2, -0.15) is 0 Å². The van der Waals surface area contributed by atoms with Crippen molar-refractivity contribution >= 4 is 40.7 Å². The predicted molar refractivity (Wildman–Crippen MR) is 213 cm³/mol. The number of ether oxygens (including phenoxy) is 2. The van der Waals surface area contributed by atoms with E-state index < -0.39 is 30.2 Å². The zero-order chi connectivity index (χ0) is 41.5. The first-order valence-electron chi connectivity index (χ1n) is 19.1. The van der Waals surface area contributed by atoms with Crippen LogP contribution in [-0.4, -0.2) is 99.8 Å². The van der Waals surface area contributed by atoms with E-state index in [1.54, 1.807) is 11.1 Å². The topological polar surface area (TPSA) is 221 Å². The average molecular weight is 785 g/mol. The van der Waals surface area contributed by atoms with Gasteiger partial charge in [0.25, 0.3) is 0 Å². The molecule has 304 valence electrons. The Labute approximate surface area is 331 Å². The van der Waals surface area contributed by atoms with Crippen LogP contribution in [0, 0.1) is 17.8 Å². The molecule has 4 amide bonds. The van der Waals surface area contributed by atoms with Crippen molar-refractivity contribution in [2.24, 2.45) is 5.92 Å². The van der Waals surface area contributed by atoms with E-state index >= 15 is 0 Å². The number of carbonyl (C=O) groups is 5. The quantitative estimate of drug-likeness (QED) is 0.0758. The third kappa shape index (κ3) is 12.1. The molecule has 16 heteroatoms. The number of fused-ring (bicyclic) bond motifs is 1. The molecule has 1 saturated heterocycles. The molecule has 2 unspecified atom stereocenters. The number of benzene rings is 2. The van der Waals surface area contributed by atoms with Crippen LogP contribution >= 0.6 is 0 Å². The summed E-state index contributed by atoms with van der Waals surface area (Å²) in [6.07, 6.45) is 5.19. The van der Waals surface area contributed by atoms with Crippen LogP contribution in [0.1, 0.15) is 99.2 Å². The van der Waals surface area contributed by atoms with Crippen LogP contribution in [0.15, 0.2) is 42.6 Å². The van der Waals surface area contributed by atoms with Gasteiger partial charge in [0, 0.05) is 30.6 Å². The molecule has 1 aliphatic heterocycles. The number of likely N-dealkylation sites (tertiary alicyclic amines) is 1.